The van der Waals surface area contributed by atoms with Crippen molar-refractivity contribution in [2.24, 2.45) is 5.16 Å². The van der Waals surface area contributed by atoms with Crippen LogP contribution in [0, 0.1) is 0 Å². The number of Topliss-reactive ketones (excluding diaryl/α,β-unsaturated/α-hetero) is 1. The Kier molecular flexibility index (Phi) is 4.70. The van der Waals surface area contributed by atoms with Gasteiger partial charge in [0.15, 0.2) is 5.71 Å². The highest BCUT2D eigenvalue weighted by atomic mass is 28.4. The largest absolute Gasteiger partial charge is 0.455 e. The van der Waals surface area contributed by atoms with Crippen LogP contribution in [0.4, 0.5) is 0 Å². The molecule has 0 fully saturated rings. The Morgan fingerprint density at radius 3 is 1.81 bits per heavy atom. The second-order valence-corrected chi connectivity index (χ2v) is 10.1. The van der Waals surface area contributed by atoms with E-state index in [9.17, 15) is 4.79 Å². The van der Waals surface area contributed by atoms with E-state index in [0.29, 0.717) is 11.3 Å². The highest BCUT2D eigenvalue weighted by Crippen LogP contribution is 2.11. The molecule has 2 aromatic carbocycles. The van der Waals surface area contributed by atoms with E-state index in [0.717, 1.165) is 5.56 Å². The molecular weight excluding hydrogens is 278 g/mol. The SMILES string of the molecule is C[Si](C)(C)ON=C(C(=O)c1ccccc1)c1ccccc1. The second kappa shape index (κ2) is 6.50. The van der Waals surface area contributed by atoms with Gasteiger partial charge in [0.05, 0.1) is 0 Å². The Labute approximate surface area is 126 Å². The Hall–Kier alpha value is -2.20. The molecule has 108 valence electrons. The molecule has 3 nitrogen and oxygen atoms in total. The molecule has 0 saturated carbocycles. The summed E-state index contributed by atoms with van der Waals surface area (Å²) >= 11 is 0. The summed E-state index contributed by atoms with van der Waals surface area (Å²) in [5.41, 5.74) is 1.73. The van der Waals surface area contributed by atoms with Crippen molar-refractivity contribution in [1.29, 1.82) is 0 Å². The summed E-state index contributed by atoms with van der Waals surface area (Å²) in [6.07, 6.45) is 0. The molecule has 2 aromatic rings. The predicted octanol–water partition coefficient (Wildman–Crippen LogP) is 4.13. The maximum absolute atomic E-state index is 12.7. The van der Waals surface area contributed by atoms with Crippen LogP contribution in [-0.2, 0) is 4.53 Å². The minimum atomic E-state index is -1.84. The van der Waals surface area contributed by atoms with Gasteiger partial charge < -0.3 is 4.53 Å². The summed E-state index contributed by atoms with van der Waals surface area (Å²) in [5.74, 6) is -0.125. The van der Waals surface area contributed by atoms with E-state index in [1.54, 1.807) is 12.1 Å². The van der Waals surface area contributed by atoms with Crippen molar-refractivity contribution in [2.45, 2.75) is 19.6 Å². The van der Waals surface area contributed by atoms with Gasteiger partial charge in [0, 0.05) is 11.1 Å². The fourth-order valence-electron chi connectivity index (χ4n) is 1.73. The number of benzene rings is 2. The van der Waals surface area contributed by atoms with Crippen LogP contribution in [-0.4, -0.2) is 19.8 Å². The van der Waals surface area contributed by atoms with Crippen LogP contribution < -0.4 is 0 Å². The lowest BCUT2D eigenvalue weighted by molar-refractivity contribution is 0.106. The van der Waals surface area contributed by atoms with Gasteiger partial charge in [-0.1, -0.05) is 65.8 Å². The molecule has 21 heavy (non-hydrogen) atoms. The second-order valence-electron chi connectivity index (χ2n) is 5.70. The van der Waals surface area contributed by atoms with Crippen molar-refractivity contribution in [2.75, 3.05) is 0 Å². The minimum absolute atomic E-state index is 0.125. The van der Waals surface area contributed by atoms with Crippen LogP contribution in [0.1, 0.15) is 15.9 Å². The van der Waals surface area contributed by atoms with Crippen LogP contribution >= 0.6 is 0 Å². The number of oxime groups is 1. The van der Waals surface area contributed by atoms with Crippen LogP contribution in [0.5, 0.6) is 0 Å². The number of nitrogens with zero attached hydrogens (tertiary/aromatic N) is 1. The monoisotopic (exact) mass is 297 g/mol. The first-order valence-electron chi connectivity index (χ1n) is 6.89. The van der Waals surface area contributed by atoms with Gasteiger partial charge in [-0.05, 0) is 19.6 Å². The number of hydrogen-bond acceptors (Lipinski definition) is 3. The summed E-state index contributed by atoms with van der Waals surface area (Å²) in [6.45, 7) is 6.10. The van der Waals surface area contributed by atoms with Crippen molar-refractivity contribution in [3.05, 3.63) is 71.8 Å². The Morgan fingerprint density at radius 1 is 0.857 bits per heavy atom. The zero-order valence-electron chi connectivity index (χ0n) is 12.5. The van der Waals surface area contributed by atoms with Crippen LogP contribution in [0.25, 0.3) is 0 Å². The molecule has 0 aliphatic carbocycles. The fourth-order valence-corrected chi connectivity index (χ4v) is 2.10. The first-order chi connectivity index (χ1) is 9.97. The van der Waals surface area contributed by atoms with Crippen LogP contribution in [0.2, 0.25) is 19.6 Å². The molecule has 0 N–H and O–H groups in total. The molecule has 0 aromatic heterocycles. The zero-order chi connectivity index (χ0) is 15.3. The van der Waals surface area contributed by atoms with Gasteiger partial charge >= 0.3 is 0 Å². The number of rotatable bonds is 5. The summed E-state index contributed by atoms with van der Waals surface area (Å²) in [4.78, 5) is 12.7. The molecule has 0 unspecified atom stereocenters. The molecule has 0 bridgehead atoms. The number of ketones is 1. The quantitative estimate of drug-likeness (QED) is 0.360. The molecule has 0 aliphatic heterocycles. The van der Waals surface area contributed by atoms with Crippen LogP contribution in [0.15, 0.2) is 65.8 Å². The molecule has 2 rings (SSSR count). The Morgan fingerprint density at radius 2 is 1.33 bits per heavy atom. The predicted molar refractivity (Wildman–Crippen MR) is 88.2 cm³/mol. The summed E-state index contributed by atoms with van der Waals surface area (Å²) < 4.78 is 5.59. The third-order valence-corrected chi connectivity index (χ3v) is 3.35. The third kappa shape index (κ3) is 4.39. The zero-order valence-corrected chi connectivity index (χ0v) is 13.5. The average Bonchev–Trinajstić information content (AvgIpc) is 2.48. The maximum Gasteiger partial charge on any atom is 0.278 e. The van der Waals surface area contributed by atoms with Gasteiger partial charge in [-0.3, -0.25) is 4.79 Å². The Balaban J connectivity index is 2.39. The third-order valence-electron chi connectivity index (χ3n) is 2.71. The first kappa shape index (κ1) is 15.2. The van der Waals surface area contributed by atoms with Crippen molar-refractivity contribution in [3.8, 4) is 0 Å². The van der Waals surface area contributed by atoms with Crippen molar-refractivity contribution in [3.63, 3.8) is 0 Å². The molecule has 0 amide bonds. The van der Waals surface area contributed by atoms with Gasteiger partial charge in [0.1, 0.15) is 0 Å². The number of carbonyl (C=O) groups is 1. The van der Waals surface area contributed by atoms with E-state index in [2.05, 4.69) is 5.16 Å². The summed E-state index contributed by atoms with van der Waals surface area (Å²) in [7, 11) is -1.84. The number of carbonyl (C=O) groups excluding carboxylic acids is 1. The molecule has 0 saturated heterocycles. The molecular formula is C17H19NO2Si. The van der Waals surface area contributed by atoms with E-state index in [-0.39, 0.29) is 5.78 Å². The van der Waals surface area contributed by atoms with Crippen molar-refractivity contribution in [1.82, 2.24) is 0 Å². The fraction of sp³-hybridized carbons (Fsp3) is 0.176. The summed E-state index contributed by atoms with van der Waals surface area (Å²) in [6, 6.07) is 18.6. The first-order valence-corrected chi connectivity index (χ1v) is 10.3. The van der Waals surface area contributed by atoms with Gasteiger partial charge in [0.2, 0.25) is 5.78 Å². The molecule has 0 atom stereocenters. The van der Waals surface area contributed by atoms with E-state index in [1.807, 2.05) is 68.2 Å². The standard InChI is InChI=1S/C17H19NO2Si/c1-21(2,3)20-18-16(14-10-6-4-7-11-14)17(19)15-12-8-5-9-13-15/h4-13H,1-3H3. The van der Waals surface area contributed by atoms with E-state index < -0.39 is 8.32 Å². The smallest absolute Gasteiger partial charge is 0.278 e. The van der Waals surface area contributed by atoms with Gasteiger partial charge in [-0.25, -0.2) is 0 Å². The lowest BCUT2D eigenvalue weighted by Crippen LogP contribution is -2.25. The van der Waals surface area contributed by atoms with Crippen molar-refractivity contribution >= 4 is 19.8 Å². The van der Waals surface area contributed by atoms with Crippen LogP contribution in [0.3, 0.4) is 0 Å². The topological polar surface area (TPSA) is 38.7 Å². The molecule has 0 radical (unpaired) electrons. The van der Waals surface area contributed by atoms with Gasteiger partial charge in [0.25, 0.3) is 8.32 Å². The number of hydrogen-bond donors (Lipinski definition) is 0. The average molecular weight is 297 g/mol. The van der Waals surface area contributed by atoms with Gasteiger partial charge in [-0.15, -0.1) is 0 Å². The molecule has 0 heterocycles. The lowest BCUT2D eigenvalue weighted by atomic mass is 10.0. The van der Waals surface area contributed by atoms with E-state index in [1.165, 1.54) is 0 Å². The minimum Gasteiger partial charge on any atom is -0.455 e. The van der Waals surface area contributed by atoms with Crippen molar-refractivity contribution < 1.29 is 9.32 Å². The highest BCUT2D eigenvalue weighted by Gasteiger charge is 2.20. The molecule has 0 aliphatic rings. The van der Waals surface area contributed by atoms with E-state index in [4.69, 9.17) is 4.53 Å². The van der Waals surface area contributed by atoms with E-state index >= 15 is 0 Å². The maximum atomic E-state index is 12.7. The molecule has 4 heteroatoms. The Bertz CT molecular complexity index is 631. The highest BCUT2D eigenvalue weighted by molar-refractivity contribution is 6.69. The molecule has 0 spiro atoms. The summed E-state index contributed by atoms with van der Waals surface area (Å²) in [5, 5.41) is 4.17. The lowest BCUT2D eigenvalue weighted by Gasteiger charge is -2.14. The normalized spacial score (nSPS) is 12.0. The van der Waals surface area contributed by atoms with Gasteiger partial charge in [-0.2, -0.15) is 0 Å².